The van der Waals surface area contributed by atoms with Crippen LogP contribution >= 0.6 is 0 Å². The maximum Gasteiger partial charge on any atom is 0.242 e. The molecule has 5 heteroatoms. The number of aryl methyl sites for hydroxylation is 1. The molecule has 1 atom stereocenters. The number of amides is 2. The molecule has 1 N–H and O–H groups in total. The van der Waals surface area contributed by atoms with E-state index in [1.807, 2.05) is 31.2 Å². The van der Waals surface area contributed by atoms with Crippen LogP contribution in [0, 0.1) is 6.92 Å². The molecule has 1 saturated heterocycles. The molecule has 1 heterocycles. The first kappa shape index (κ1) is 13.5. The smallest absolute Gasteiger partial charge is 0.242 e. The molecule has 2 rings (SSSR count). The lowest BCUT2D eigenvalue weighted by Crippen LogP contribution is -2.53. The highest BCUT2D eigenvalue weighted by atomic mass is 16.3. The van der Waals surface area contributed by atoms with Crippen LogP contribution in [0.25, 0.3) is 0 Å². The molecule has 2 amide bonds. The fourth-order valence-electron chi connectivity index (χ4n) is 2.20. The van der Waals surface area contributed by atoms with Gasteiger partial charge in [0, 0.05) is 7.05 Å². The largest absolute Gasteiger partial charge is 0.387 e. The van der Waals surface area contributed by atoms with Crippen LogP contribution in [0.15, 0.2) is 24.3 Å². The Balaban J connectivity index is 2.07. The van der Waals surface area contributed by atoms with Gasteiger partial charge in [0.05, 0.1) is 25.7 Å². The molecule has 19 heavy (non-hydrogen) atoms. The van der Waals surface area contributed by atoms with Crippen LogP contribution in [0.5, 0.6) is 0 Å². The van der Waals surface area contributed by atoms with Gasteiger partial charge in [0.25, 0.3) is 0 Å². The number of carbonyl (C=O) groups excluding carboxylic acids is 2. The van der Waals surface area contributed by atoms with Gasteiger partial charge in [-0.15, -0.1) is 0 Å². The van der Waals surface area contributed by atoms with Gasteiger partial charge in [0.1, 0.15) is 0 Å². The quantitative estimate of drug-likeness (QED) is 0.854. The molecule has 0 bridgehead atoms. The summed E-state index contributed by atoms with van der Waals surface area (Å²) in [6.45, 7) is 2.19. The summed E-state index contributed by atoms with van der Waals surface area (Å²) in [5, 5.41) is 10.2. The number of aliphatic hydroxyl groups is 1. The standard InChI is InChI=1S/C14H18N2O3/c1-10-5-3-4-6-11(10)12(17)7-16-9-13(18)15(2)8-14(16)19/h3-6,12,17H,7-9H2,1-2H3. The SMILES string of the molecule is Cc1ccccc1C(O)CN1CC(=O)N(C)CC1=O. The molecule has 0 aliphatic carbocycles. The molecule has 0 radical (unpaired) electrons. The maximum atomic E-state index is 11.8. The van der Waals surface area contributed by atoms with Crippen LogP contribution in [-0.4, -0.2) is 53.4 Å². The summed E-state index contributed by atoms with van der Waals surface area (Å²) >= 11 is 0. The average molecular weight is 262 g/mol. The molecular weight excluding hydrogens is 244 g/mol. The third-order valence-electron chi connectivity index (χ3n) is 3.42. The van der Waals surface area contributed by atoms with Gasteiger partial charge >= 0.3 is 0 Å². The van der Waals surface area contributed by atoms with Crippen LogP contribution < -0.4 is 0 Å². The number of β-amino-alcohol motifs (C(OH)–C–C–N with tert-alkyl or cyclic N) is 1. The highest BCUT2D eigenvalue weighted by Crippen LogP contribution is 2.19. The summed E-state index contributed by atoms with van der Waals surface area (Å²) in [7, 11) is 1.61. The molecule has 1 aliphatic rings. The Kier molecular flexibility index (Phi) is 3.85. The fourth-order valence-corrected chi connectivity index (χ4v) is 2.20. The Hall–Kier alpha value is -1.88. The molecule has 1 aromatic carbocycles. The summed E-state index contributed by atoms with van der Waals surface area (Å²) in [5.41, 5.74) is 1.77. The number of hydrogen-bond acceptors (Lipinski definition) is 3. The van der Waals surface area contributed by atoms with Crippen molar-refractivity contribution in [2.45, 2.75) is 13.0 Å². The topological polar surface area (TPSA) is 60.9 Å². The first-order valence-corrected chi connectivity index (χ1v) is 6.24. The number of aliphatic hydroxyl groups excluding tert-OH is 1. The fraction of sp³-hybridized carbons (Fsp3) is 0.429. The lowest BCUT2D eigenvalue weighted by molar-refractivity contribution is -0.150. The van der Waals surface area contributed by atoms with E-state index in [4.69, 9.17) is 0 Å². The van der Waals surface area contributed by atoms with E-state index in [0.29, 0.717) is 0 Å². The van der Waals surface area contributed by atoms with Crippen LogP contribution in [-0.2, 0) is 9.59 Å². The molecule has 0 saturated carbocycles. The van der Waals surface area contributed by atoms with Gasteiger partial charge in [-0.3, -0.25) is 9.59 Å². The minimum Gasteiger partial charge on any atom is -0.387 e. The first-order valence-electron chi connectivity index (χ1n) is 6.24. The highest BCUT2D eigenvalue weighted by Gasteiger charge is 2.29. The van der Waals surface area contributed by atoms with Crippen molar-refractivity contribution in [1.29, 1.82) is 0 Å². The van der Waals surface area contributed by atoms with Gasteiger partial charge in [-0.25, -0.2) is 0 Å². The molecule has 1 aliphatic heterocycles. The van der Waals surface area contributed by atoms with Gasteiger partial charge in [0.15, 0.2) is 0 Å². The number of rotatable bonds is 3. The molecule has 1 fully saturated rings. The van der Waals surface area contributed by atoms with Crippen molar-refractivity contribution in [3.63, 3.8) is 0 Å². The van der Waals surface area contributed by atoms with Crippen molar-refractivity contribution in [3.05, 3.63) is 35.4 Å². The average Bonchev–Trinajstić information content (AvgIpc) is 2.36. The number of piperazine rings is 1. The van der Waals surface area contributed by atoms with Crippen LogP contribution in [0.2, 0.25) is 0 Å². The molecule has 1 aromatic rings. The van der Waals surface area contributed by atoms with Crippen molar-refractivity contribution >= 4 is 11.8 Å². The van der Waals surface area contributed by atoms with Gasteiger partial charge < -0.3 is 14.9 Å². The third kappa shape index (κ3) is 2.93. The van der Waals surface area contributed by atoms with Gasteiger partial charge in [0.2, 0.25) is 11.8 Å². The van der Waals surface area contributed by atoms with E-state index in [9.17, 15) is 14.7 Å². The van der Waals surface area contributed by atoms with E-state index >= 15 is 0 Å². The predicted octanol–water partition coefficient (Wildman–Crippen LogP) is 0.329. The van der Waals surface area contributed by atoms with E-state index in [1.165, 1.54) is 9.80 Å². The number of benzene rings is 1. The van der Waals surface area contributed by atoms with E-state index in [2.05, 4.69) is 0 Å². The lowest BCUT2D eigenvalue weighted by Gasteiger charge is -2.33. The summed E-state index contributed by atoms with van der Waals surface area (Å²) < 4.78 is 0. The molecule has 1 unspecified atom stereocenters. The normalized spacial score (nSPS) is 17.8. The third-order valence-corrected chi connectivity index (χ3v) is 3.42. The number of likely N-dealkylation sites (N-methyl/N-ethyl adjacent to an activating group) is 1. The maximum absolute atomic E-state index is 11.8. The first-order chi connectivity index (χ1) is 8.99. The number of carbonyl (C=O) groups is 2. The lowest BCUT2D eigenvalue weighted by atomic mass is 10.0. The zero-order valence-corrected chi connectivity index (χ0v) is 11.2. The summed E-state index contributed by atoms with van der Waals surface area (Å²) in [6.07, 6.45) is -0.763. The molecular formula is C14H18N2O3. The zero-order chi connectivity index (χ0) is 14.0. The van der Waals surface area contributed by atoms with Crippen LogP contribution in [0.1, 0.15) is 17.2 Å². The van der Waals surface area contributed by atoms with Crippen molar-refractivity contribution in [3.8, 4) is 0 Å². The summed E-state index contributed by atoms with van der Waals surface area (Å²) in [6, 6.07) is 7.50. The van der Waals surface area contributed by atoms with E-state index in [1.54, 1.807) is 7.05 Å². The van der Waals surface area contributed by atoms with E-state index in [-0.39, 0.29) is 31.4 Å². The minimum atomic E-state index is -0.763. The van der Waals surface area contributed by atoms with Crippen molar-refractivity contribution in [1.82, 2.24) is 9.80 Å². The number of hydrogen-bond donors (Lipinski definition) is 1. The Morgan fingerprint density at radius 1 is 1.21 bits per heavy atom. The molecule has 0 aromatic heterocycles. The van der Waals surface area contributed by atoms with Crippen molar-refractivity contribution in [2.75, 3.05) is 26.7 Å². The monoisotopic (exact) mass is 262 g/mol. The second kappa shape index (κ2) is 5.40. The van der Waals surface area contributed by atoms with E-state index in [0.717, 1.165) is 11.1 Å². The Labute approximate surface area is 112 Å². The second-order valence-electron chi connectivity index (χ2n) is 4.90. The summed E-state index contributed by atoms with van der Waals surface area (Å²) in [4.78, 5) is 26.2. The predicted molar refractivity (Wildman–Crippen MR) is 70.4 cm³/mol. The zero-order valence-electron chi connectivity index (χ0n) is 11.2. The van der Waals surface area contributed by atoms with Crippen molar-refractivity contribution < 1.29 is 14.7 Å². The van der Waals surface area contributed by atoms with Crippen LogP contribution in [0.4, 0.5) is 0 Å². The molecule has 5 nitrogen and oxygen atoms in total. The Morgan fingerprint density at radius 2 is 1.89 bits per heavy atom. The second-order valence-corrected chi connectivity index (χ2v) is 4.90. The van der Waals surface area contributed by atoms with Crippen molar-refractivity contribution in [2.24, 2.45) is 0 Å². The Morgan fingerprint density at radius 3 is 2.58 bits per heavy atom. The highest BCUT2D eigenvalue weighted by molar-refractivity contribution is 5.92. The number of nitrogens with zero attached hydrogens (tertiary/aromatic N) is 2. The van der Waals surface area contributed by atoms with Gasteiger partial charge in [-0.2, -0.15) is 0 Å². The van der Waals surface area contributed by atoms with Crippen LogP contribution in [0.3, 0.4) is 0 Å². The Bertz CT molecular complexity index is 501. The minimum absolute atomic E-state index is 0.0400. The van der Waals surface area contributed by atoms with Gasteiger partial charge in [-0.05, 0) is 18.1 Å². The summed E-state index contributed by atoms with van der Waals surface area (Å²) in [5.74, 6) is -0.230. The van der Waals surface area contributed by atoms with E-state index < -0.39 is 6.10 Å². The van der Waals surface area contributed by atoms with Gasteiger partial charge in [-0.1, -0.05) is 24.3 Å². The molecule has 0 spiro atoms. The molecule has 102 valence electrons.